The van der Waals surface area contributed by atoms with E-state index < -0.39 is 0 Å². The number of carbonyl (C=O) groups is 1. The van der Waals surface area contributed by atoms with Gasteiger partial charge in [0.1, 0.15) is 5.54 Å². The third kappa shape index (κ3) is 3.09. The van der Waals surface area contributed by atoms with Gasteiger partial charge in [0.15, 0.2) is 5.17 Å². The van der Waals surface area contributed by atoms with E-state index in [4.69, 9.17) is 4.99 Å². The molecule has 4 rings (SSSR count). The molecule has 0 radical (unpaired) electrons. The van der Waals surface area contributed by atoms with Gasteiger partial charge in [-0.25, -0.2) is 9.37 Å². The van der Waals surface area contributed by atoms with Crippen LogP contribution in [0.4, 0.5) is 0 Å². The molecule has 5 nitrogen and oxygen atoms in total. The minimum Gasteiger partial charge on any atom is -0.314 e. The topological polar surface area (TPSA) is 66.4 Å². The molecule has 1 fully saturated rings. The van der Waals surface area contributed by atoms with Gasteiger partial charge in [-0.05, 0) is 29.7 Å². The summed E-state index contributed by atoms with van der Waals surface area (Å²) in [5.41, 5.74) is 0.362. The van der Waals surface area contributed by atoms with Gasteiger partial charge < -0.3 is 10.6 Å². The fraction of sp³-hybridized carbons (Fsp3) is 0.312. The summed E-state index contributed by atoms with van der Waals surface area (Å²) in [4.78, 5) is 18.5. The molecule has 2 atom stereocenters. The van der Waals surface area contributed by atoms with E-state index in [1.54, 1.807) is 11.8 Å². The normalized spacial score (nSPS) is 25.3. The number of amides is 1. The molecule has 24 heavy (non-hydrogen) atoms. The largest absolute Gasteiger partial charge is 0.314 e. The van der Waals surface area contributed by atoms with Crippen molar-refractivity contribution < 1.29 is 4.79 Å². The third-order valence-electron chi connectivity index (χ3n) is 4.30. The standard InChI is InChI=1S/C16H16N4OS2.ClH/c21-14(11-4-2-1-3-5-11)19-15-20-16(13-6-7-18-23-13)10-17-8-12(16)9-22-15;/h1-7,12,17H,8-10H2,(H,19,20,21);1H/t12-,16?;/m0./s1. The molecule has 1 unspecified atom stereocenters. The van der Waals surface area contributed by atoms with Gasteiger partial charge in [0.05, 0.1) is 4.88 Å². The summed E-state index contributed by atoms with van der Waals surface area (Å²) in [7, 11) is 0. The first-order valence-electron chi connectivity index (χ1n) is 7.49. The number of thioether (sulfide) groups is 1. The van der Waals surface area contributed by atoms with Crippen molar-refractivity contribution in [3.8, 4) is 0 Å². The van der Waals surface area contributed by atoms with Crippen LogP contribution in [0.2, 0.25) is 0 Å². The summed E-state index contributed by atoms with van der Waals surface area (Å²) in [6, 6.07) is 11.3. The Morgan fingerprint density at radius 3 is 2.88 bits per heavy atom. The molecule has 3 heterocycles. The van der Waals surface area contributed by atoms with Gasteiger partial charge in [-0.1, -0.05) is 30.0 Å². The van der Waals surface area contributed by atoms with E-state index in [9.17, 15) is 4.79 Å². The number of benzene rings is 1. The van der Waals surface area contributed by atoms with E-state index in [1.165, 1.54) is 16.4 Å². The van der Waals surface area contributed by atoms with E-state index in [0.717, 1.165) is 18.8 Å². The minimum atomic E-state index is -0.286. The van der Waals surface area contributed by atoms with Crippen LogP contribution in [0, 0.1) is 5.92 Å². The fourth-order valence-corrected chi connectivity index (χ4v) is 5.02. The second kappa shape index (κ2) is 7.23. The Balaban J connectivity index is 0.00000169. The maximum absolute atomic E-state index is 12.4. The van der Waals surface area contributed by atoms with Gasteiger partial charge in [0.25, 0.3) is 5.91 Å². The molecule has 0 bridgehead atoms. The zero-order valence-electron chi connectivity index (χ0n) is 12.8. The van der Waals surface area contributed by atoms with Gasteiger partial charge in [-0.3, -0.25) is 4.79 Å². The van der Waals surface area contributed by atoms with Crippen molar-refractivity contribution in [1.29, 1.82) is 0 Å². The first kappa shape index (κ1) is 17.4. The van der Waals surface area contributed by atoms with Gasteiger partial charge >= 0.3 is 0 Å². The summed E-state index contributed by atoms with van der Waals surface area (Å²) >= 11 is 3.12. The number of rotatable bonds is 2. The minimum absolute atomic E-state index is 0. The van der Waals surface area contributed by atoms with Crippen LogP contribution in [0.25, 0.3) is 0 Å². The van der Waals surface area contributed by atoms with Gasteiger partial charge in [0, 0.05) is 36.5 Å². The molecule has 1 amide bonds. The Bertz CT molecular complexity index is 738. The number of amidine groups is 1. The lowest BCUT2D eigenvalue weighted by Gasteiger charge is -2.34. The molecular weight excluding hydrogens is 364 g/mol. The Labute approximate surface area is 154 Å². The molecule has 126 valence electrons. The molecule has 2 N–H and O–H groups in total. The first-order chi connectivity index (χ1) is 11.3. The highest BCUT2D eigenvalue weighted by Gasteiger charge is 2.48. The van der Waals surface area contributed by atoms with Crippen molar-refractivity contribution in [3.05, 3.63) is 53.0 Å². The van der Waals surface area contributed by atoms with E-state index in [0.29, 0.717) is 16.6 Å². The highest BCUT2D eigenvalue weighted by Crippen LogP contribution is 2.43. The average Bonchev–Trinajstić information content (AvgIpc) is 3.25. The molecule has 1 aromatic carbocycles. The molecule has 1 aromatic heterocycles. The van der Waals surface area contributed by atoms with Gasteiger partial charge in [-0.2, -0.15) is 0 Å². The summed E-state index contributed by atoms with van der Waals surface area (Å²) in [6.07, 6.45) is 1.82. The highest BCUT2D eigenvalue weighted by atomic mass is 35.5. The molecule has 1 saturated heterocycles. The quantitative estimate of drug-likeness (QED) is 0.840. The SMILES string of the molecule is Cl.O=C(NC1=NC2(c3ccns3)CNC[C@H]2CS1)c1ccccc1. The van der Waals surface area contributed by atoms with Crippen LogP contribution in [-0.2, 0) is 5.54 Å². The number of aromatic nitrogens is 1. The third-order valence-corrected chi connectivity index (χ3v) is 6.25. The smallest absolute Gasteiger partial charge is 0.257 e. The van der Waals surface area contributed by atoms with Crippen LogP contribution >= 0.6 is 35.7 Å². The number of nitrogens with zero attached hydrogens (tertiary/aromatic N) is 2. The number of fused-ring (bicyclic) bond motifs is 1. The molecule has 2 aliphatic rings. The van der Waals surface area contributed by atoms with Crippen molar-refractivity contribution in [2.45, 2.75) is 5.54 Å². The van der Waals surface area contributed by atoms with Crippen LogP contribution in [0.5, 0.6) is 0 Å². The monoisotopic (exact) mass is 380 g/mol. The van der Waals surface area contributed by atoms with Crippen molar-refractivity contribution >= 4 is 46.8 Å². The highest BCUT2D eigenvalue weighted by molar-refractivity contribution is 8.13. The lowest BCUT2D eigenvalue weighted by atomic mass is 9.87. The molecule has 0 aliphatic carbocycles. The fourth-order valence-electron chi connectivity index (χ4n) is 3.08. The van der Waals surface area contributed by atoms with E-state index in [-0.39, 0.29) is 23.9 Å². The van der Waals surface area contributed by atoms with Gasteiger partial charge in [-0.15, -0.1) is 12.4 Å². The predicted octanol–water partition coefficient (Wildman–Crippen LogP) is 2.51. The molecule has 2 aliphatic heterocycles. The number of nitrogens with one attached hydrogen (secondary N) is 2. The second-order valence-electron chi connectivity index (χ2n) is 5.68. The number of carbonyl (C=O) groups excluding carboxylic acids is 1. The van der Waals surface area contributed by atoms with Crippen molar-refractivity contribution in [3.63, 3.8) is 0 Å². The number of aliphatic imine (C=N–C) groups is 1. The zero-order valence-corrected chi connectivity index (χ0v) is 15.2. The molecule has 2 aromatic rings. The first-order valence-corrected chi connectivity index (χ1v) is 9.25. The molecule has 8 heteroatoms. The zero-order chi connectivity index (χ0) is 15.7. The molecule has 0 saturated carbocycles. The van der Waals surface area contributed by atoms with Crippen LogP contribution in [-0.4, -0.2) is 34.3 Å². The number of hydrogen-bond donors (Lipinski definition) is 2. The maximum atomic E-state index is 12.4. The summed E-state index contributed by atoms with van der Waals surface area (Å²) < 4.78 is 4.24. The van der Waals surface area contributed by atoms with Crippen LogP contribution in [0.1, 0.15) is 15.2 Å². The van der Waals surface area contributed by atoms with Crippen LogP contribution < -0.4 is 10.6 Å². The summed E-state index contributed by atoms with van der Waals surface area (Å²) in [5, 5.41) is 7.11. The van der Waals surface area contributed by atoms with Crippen molar-refractivity contribution in [2.24, 2.45) is 10.9 Å². The lowest BCUT2D eigenvalue weighted by molar-refractivity contribution is 0.0977. The van der Waals surface area contributed by atoms with Gasteiger partial charge in [0.2, 0.25) is 0 Å². The Hall–Kier alpha value is -1.41. The molecule has 0 spiro atoms. The lowest BCUT2D eigenvalue weighted by Crippen LogP contribution is -2.42. The summed E-state index contributed by atoms with van der Waals surface area (Å²) in [6.45, 7) is 1.75. The average molecular weight is 381 g/mol. The van der Waals surface area contributed by atoms with E-state index in [2.05, 4.69) is 15.0 Å². The second-order valence-corrected chi connectivity index (χ2v) is 7.52. The Morgan fingerprint density at radius 2 is 2.12 bits per heavy atom. The predicted molar refractivity (Wildman–Crippen MR) is 101 cm³/mol. The van der Waals surface area contributed by atoms with E-state index in [1.807, 2.05) is 42.6 Å². The Kier molecular flexibility index (Phi) is 5.24. The van der Waals surface area contributed by atoms with E-state index >= 15 is 0 Å². The Morgan fingerprint density at radius 1 is 1.29 bits per heavy atom. The molecular formula is C16H17ClN4OS2. The van der Waals surface area contributed by atoms with Crippen molar-refractivity contribution in [2.75, 3.05) is 18.8 Å². The van der Waals surface area contributed by atoms with Crippen LogP contribution in [0.15, 0.2) is 47.6 Å². The van der Waals surface area contributed by atoms with Crippen molar-refractivity contribution in [1.82, 2.24) is 15.0 Å². The number of halogens is 1. The maximum Gasteiger partial charge on any atom is 0.257 e. The van der Waals surface area contributed by atoms with Crippen LogP contribution in [0.3, 0.4) is 0 Å². The number of hydrogen-bond acceptors (Lipinski definition) is 6. The summed E-state index contributed by atoms with van der Waals surface area (Å²) in [5.74, 6) is 1.27.